The molecule has 0 saturated heterocycles. The van der Waals surface area contributed by atoms with Gasteiger partial charge in [0.05, 0.1) is 0 Å². The summed E-state index contributed by atoms with van der Waals surface area (Å²) >= 11 is 0. The van der Waals surface area contributed by atoms with Gasteiger partial charge in [-0.05, 0) is 91.1 Å². The number of hydrogen-bond acceptors (Lipinski definition) is 0. The zero-order chi connectivity index (χ0) is 21.6. The molecule has 0 spiro atoms. The van der Waals surface area contributed by atoms with Crippen LogP contribution in [-0.4, -0.2) is 0 Å². The van der Waals surface area contributed by atoms with E-state index in [0.717, 1.165) is 47.3 Å². The first-order valence-electron chi connectivity index (χ1n) is 11.6. The first-order valence-corrected chi connectivity index (χ1v) is 11.6. The van der Waals surface area contributed by atoms with Crippen molar-refractivity contribution in [1.82, 2.24) is 0 Å². The molecule has 0 aromatic heterocycles. The van der Waals surface area contributed by atoms with Gasteiger partial charge in [0, 0.05) is 16.5 Å². The van der Waals surface area contributed by atoms with Crippen LogP contribution in [0.1, 0.15) is 73.6 Å². The predicted octanol–water partition coefficient (Wildman–Crippen LogP) is 8.18. The third-order valence-electron chi connectivity index (χ3n) is 6.63. The molecule has 0 atom stereocenters. The molecule has 0 radical (unpaired) electrons. The van der Waals surface area contributed by atoms with Crippen molar-refractivity contribution in [2.24, 2.45) is 5.92 Å². The van der Waals surface area contributed by atoms with Gasteiger partial charge in [-0.25, -0.2) is 4.39 Å². The number of benzene rings is 3. The van der Waals surface area contributed by atoms with Gasteiger partial charge in [-0.1, -0.05) is 61.6 Å². The maximum atomic E-state index is 14.6. The van der Waals surface area contributed by atoms with Crippen molar-refractivity contribution < 1.29 is 4.39 Å². The van der Waals surface area contributed by atoms with E-state index < -0.39 is 0 Å². The summed E-state index contributed by atoms with van der Waals surface area (Å²) in [6.45, 7) is 5.95. The first-order chi connectivity index (χ1) is 15.2. The molecule has 1 aliphatic rings. The number of hydrogen-bond donors (Lipinski definition) is 0. The van der Waals surface area contributed by atoms with Gasteiger partial charge in [0.15, 0.2) is 0 Å². The van der Waals surface area contributed by atoms with Gasteiger partial charge in [0.25, 0.3) is 0 Å². The monoisotopic (exact) mass is 410 g/mol. The van der Waals surface area contributed by atoms with Gasteiger partial charge in [-0.15, -0.1) is 6.58 Å². The Labute approximate surface area is 186 Å². The van der Waals surface area contributed by atoms with Gasteiger partial charge in [-0.3, -0.25) is 0 Å². The van der Waals surface area contributed by atoms with E-state index in [0.29, 0.717) is 11.3 Å². The third-order valence-corrected chi connectivity index (χ3v) is 6.63. The summed E-state index contributed by atoms with van der Waals surface area (Å²) in [6.07, 6.45) is 10.1. The molecule has 0 amide bonds. The van der Waals surface area contributed by atoms with Crippen molar-refractivity contribution >= 4 is 10.8 Å². The summed E-state index contributed by atoms with van der Waals surface area (Å²) in [6, 6.07) is 18.4. The lowest BCUT2D eigenvalue weighted by Crippen LogP contribution is -2.12. The van der Waals surface area contributed by atoms with E-state index in [1.54, 1.807) is 0 Å². The van der Waals surface area contributed by atoms with E-state index in [1.807, 2.05) is 30.3 Å². The van der Waals surface area contributed by atoms with E-state index in [2.05, 4.69) is 55.7 Å². The van der Waals surface area contributed by atoms with E-state index in [4.69, 9.17) is 0 Å². The Bertz CT molecular complexity index is 1100. The van der Waals surface area contributed by atoms with E-state index in [-0.39, 0.29) is 5.82 Å². The normalized spacial score (nSPS) is 18.4. The average Bonchev–Trinajstić information content (AvgIpc) is 2.81. The lowest BCUT2D eigenvalue weighted by molar-refractivity contribution is 0.328. The van der Waals surface area contributed by atoms with Crippen molar-refractivity contribution in [1.29, 1.82) is 0 Å². The molecule has 0 N–H and O–H groups in total. The Kier molecular flexibility index (Phi) is 6.88. The molecule has 0 aliphatic heterocycles. The molecule has 3 aromatic rings. The summed E-state index contributed by atoms with van der Waals surface area (Å²) in [5.41, 5.74) is 4.17. The van der Waals surface area contributed by atoms with Gasteiger partial charge in [-0.2, -0.15) is 0 Å². The van der Waals surface area contributed by atoms with Crippen LogP contribution >= 0.6 is 0 Å². The minimum absolute atomic E-state index is 0.0898. The van der Waals surface area contributed by atoms with E-state index in [9.17, 15) is 4.39 Å². The molecule has 0 unspecified atom stereocenters. The fourth-order valence-corrected chi connectivity index (χ4v) is 4.83. The zero-order valence-electron chi connectivity index (χ0n) is 18.5. The molecule has 0 nitrogen and oxygen atoms in total. The second-order valence-corrected chi connectivity index (χ2v) is 8.84. The maximum absolute atomic E-state index is 14.6. The summed E-state index contributed by atoms with van der Waals surface area (Å²) in [4.78, 5) is 0. The van der Waals surface area contributed by atoms with Crippen LogP contribution in [0.3, 0.4) is 0 Å². The molecule has 1 saturated carbocycles. The van der Waals surface area contributed by atoms with Crippen molar-refractivity contribution in [2.75, 3.05) is 0 Å². The zero-order valence-corrected chi connectivity index (χ0v) is 18.5. The summed E-state index contributed by atoms with van der Waals surface area (Å²) in [7, 11) is 0. The Morgan fingerprint density at radius 2 is 1.65 bits per heavy atom. The van der Waals surface area contributed by atoms with Crippen LogP contribution in [0.5, 0.6) is 0 Å². The highest BCUT2D eigenvalue weighted by Gasteiger charge is 2.21. The molecule has 31 heavy (non-hydrogen) atoms. The number of fused-ring (bicyclic) bond motifs is 1. The molecule has 158 valence electrons. The summed E-state index contributed by atoms with van der Waals surface area (Å²) < 4.78 is 14.6. The van der Waals surface area contributed by atoms with Crippen LogP contribution in [0.4, 0.5) is 4.39 Å². The van der Waals surface area contributed by atoms with Crippen LogP contribution in [-0.2, 0) is 6.42 Å². The number of allylic oxidation sites excluding steroid dienone is 1. The lowest BCUT2D eigenvalue weighted by Gasteiger charge is -2.28. The highest BCUT2D eigenvalue weighted by atomic mass is 19.1. The first kappa shape index (κ1) is 21.4. The molecular formula is C30H31F. The molecule has 1 aliphatic carbocycles. The quantitative estimate of drug-likeness (QED) is 0.294. The third kappa shape index (κ3) is 5.08. The molecule has 1 fully saturated rings. The highest BCUT2D eigenvalue weighted by Crippen LogP contribution is 2.37. The SMILES string of the molecule is C=CCC1CCC(c2ccc(C#Cc3ccc4c(F)c(CCC)ccc4c3)cc2)CC1. The molecule has 3 aromatic carbocycles. The van der Waals surface area contributed by atoms with Crippen LogP contribution in [0.25, 0.3) is 10.8 Å². The fourth-order valence-electron chi connectivity index (χ4n) is 4.83. The van der Waals surface area contributed by atoms with E-state index in [1.165, 1.54) is 31.2 Å². The predicted molar refractivity (Wildman–Crippen MR) is 130 cm³/mol. The minimum Gasteiger partial charge on any atom is -0.206 e. The van der Waals surface area contributed by atoms with Gasteiger partial charge >= 0.3 is 0 Å². The van der Waals surface area contributed by atoms with Gasteiger partial charge in [0.1, 0.15) is 5.82 Å². The number of aryl methyl sites for hydroxylation is 1. The van der Waals surface area contributed by atoms with Crippen molar-refractivity contribution in [3.05, 3.63) is 95.3 Å². The van der Waals surface area contributed by atoms with Gasteiger partial charge < -0.3 is 0 Å². The summed E-state index contributed by atoms with van der Waals surface area (Å²) in [5, 5.41) is 1.59. The highest BCUT2D eigenvalue weighted by molar-refractivity contribution is 5.85. The Hall–Kier alpha value is -2.85. The topological polar surface area (TPSA) is 0 Å². The second kappa shape index (κ2) is 9.97. The maximum Gasteiger partial charge on any atom is 0.134 e. The van der Waals surface area contributed by atoms with Crippen molar-refractivity contribution in [3.8, 4) is 11.8 Å². The Morgan fingerprint density at radius 1 is 0.935 bits per heavy atom. The number of rotatable bonds is 5. The van der Waals surface area contributed by atoms with Crippen LogP contribution < -0.4 is 0 Å². The number of halogens is 1. The molecule has 1 heteroatoms. The van der Waals surface area contributed by atoms with E-state index >= 15 is 0 Å². The Balaban J connectivity index is 1.45. The molecule has 0 bridgehead atoms. The largest absolute Gasteiger partial charge is 0.206 e. The van der Waals surface area contributed by atoms with Crippen LogP contribution in [0.2, 0.25) is 0 Å². The smallest absolute Gasteiger partial charge is 0.134 e. The molecule has 0 heterocycles. The standard InChI is InChI=1S/C30H31F/c1-3-5-22-9-14-25(15-10-22)26-16-11-23(12-17-26)7-8-24-13-20-29-28(21-24)19-18-27(6-4-2)30(29)31/h3,11-13,16-22,25H,1,4-6,9-10,14-15H2,2H3. The Morgan fingerprint density at radius 3 is 2.35 bits per heavy atom. The minimum atomic E-state index is -0.0898. The molecule has 4 rings (SSSR count). The average molecular weight is 411 g/mol. The fraction of sp³-hybridized carbons (Fsp3) is 0.333. The van der Waals surface area contributed by atoms with Crippen molar-refractivity contribution in [2.45, 2.75) is 57.8 Å². The lowest BCUT2D eigenvalue weighted by atomic mass is 9.77. The van der Waals surface area contributed by atoms with Gasteiger partial charge in [0.2, 0.25) is 0 Å². The summed E-state index contributed by atoms with van der Waals surface area (Å²) in [5.74, 6) is 7.93. The van der Waals surface area contributed by atoms with Crippen LogP contribution in [0, 0.1) is 23.6 Å². The van der Waals surface area contributed by atoms with Crippen LogP contribution in [0.15, 0.2) is 67.3 Å². The van der Waals surface area contributed by atoms with Crippen molar-refractivity contribution in [3.63, 3.8) is 0 Å². The molecular weight excluding hydrogens is 379 g/mol. The second-order valence-electron chi connectivity index (χ2n) is 8.84.